The minimum atomic E-state index is -2.25. The van der Waals surface area contributed by atoms with Crippen molar-refractivity contribution in [1.82, 2.24) is 0 Å². The molecule has 0 amide bonds. The molecule has 0 aliphatic carbocycles. The SMILES string of the molecule is CC(COC(C)CC(O)COC1(C)C=N1)C[Si](C)(O[Si](C)(C)C)O[Si](C)(C)C. The highest BCUT2D eigenvalue weighted by Gasteiger charge is 2.41. The van der Waals surface area contributed by atoms with E-state index in [9.17, 15) is 5.11 Å². The second kappa shape index (κ2) is 9.95. The molecule has 4 unspecified atom stereocenters. The average molecular weight is 450 g/mol. The van der Waals surface area contributed by atoms with Crippen molar-refractivity contribution in [2.24, 2.45) is 10.9 Å². The topological polar surface area (TPSA) is 69.5 Å². The Balaban J connectivity index is 2.44. The van der Waals surface area contributed by atoms with Crippen molar-refractivity contribution in [2.45, 2.75) is 97.0 Å². The molecule has 0 radical (unpaired) electrons. The molecule has 1 aliphatic rings. The lowest BCUT2D eigenvalue weighted by Gasteiger charge is -2.39. The molecule has 0 saturated heterocycles. The van der Waals surface area contributed by atoms with Crippen LogP contribution < -0.4 is 0 Å². The molecular formula is C19H43NO5Si3. The van der Waals surface area contributed by atoms with Gasteiger partial charge in [0.15, 0.2) is 22.4 Å². The van der Waals surface area contributed by atoms with E-state index in [1.807, 2.05) is 13.8 Å². The van der Waals surface area contributed by atoms with Gasteiger partial charge in [-0.05, 0) is 71.6 Å². The summed E-state index contributed by atoms with van der Waals surface area (Å²) in [6, 6.07) is 0.926. The van der Waals surface area contributed by atoms with Crippen LogP contribution >= 0.6 is 0 Å². The highest BCUT2D eigenvalue weighted by molar-refractivity contribution is 6.87. The van der Waals surface area contributed by atoms with Crippen molar-refractivity contribution < 1.29 is 22.8 Å². The second-order valence-corrected chi connectivity index (χ2v) is 23.3. The van der Waals surface area contributed by atoms with Gasteiger partial charge >= 0.3 is 8.56 Å². The van der Waals surface area contributed by atoms with Gasteiger partial charge in [-0.15, -0.1) is 0 Å². The van der Waals surface area contributed by atoms with Crippen LogP contribution in [0.2, 0.25) is 51.9 Å². The summed E-state index contributed by atoms with van der Waals surface area (Å²) < 4.78 is 24.7. The van der Waals surface area contributed by atoms with Crippen LogP contribution in [-0.4, -0.2) is 67.7 Å². The smallest absolute Gasteiger partial charge is 0.314 e. The van der Waals surface area contributed by atoms with E-state index in [1.54, 1.807) is 6.21 Å². The number of nitrogens with zero attached hydrogens (tertiary/aromatic N) is 1. The van der Waals surface area contributed by atoms with Crippen LogP contribution in [0, 0.1) is 5.92 Å². The molecule has 1 aliphatic heterocycles. The Morgan fingerprint density at radius 2 is 1.46 bits per heavy atom. The summed E-state index contributed by atoms with van der Waals surface area (Å²) in [5, 5.41) is 10.1. The maximum Gasteiger partial charge on any atom is 0.314 e. The van der Waals surface area contributed by atoms with Gasteiger partial charge in [-0.2, -0.15) is 0 Å². The Bertz CT molecular complexity index is 497. The zero-order chi connectivity index (χ0) is 21.8. The summed E-state index contributed by atoms with van der Waals surface area (Å²) >= 11 is 0. The van der Waals surface area contributed by atoms with E-state index < -0.39 is 37.0 Å². The predicted octanol–water partition coefficient (Wildman–Crippen LogP) is 4.37. The number of aliphatic hydroxyl groups excluding tert-OH is 1. The predicted molar refractivity (Wildman–Crippen MR) is 123 cm³/mol. The first kappa shape index (κ1) is 26.2. The van der Waals surface area contributed by atoms with Gasteiger partial charge in [0.1, 0.15) is 0 Å². The summed E-state index contributed by atoms with van der Waals surface area (Å²) in [7, 11) is -5.62. The average Bonchev–Trinajstić information content (AvgIpc) is 3.17. The van der Waals surface area contributed by atoms with Crippen molar-refractivity contribution in [1.29, 1.82) is 0 Å². The van der Waals surface area contributed by atoms with Crippen molar-refractivity contribution in [3.63, 3.8) is 0 Å². The second-order valence-electron chi connectivity index (χ2n) is 10.5. The normalized spacial score (nSPS) is 23.5. The first-order valence-electron chi connectivity index (χ1n) is 10.4. The lowest BCUT2D eigenvalue weighted by atomic mass is 10.2. The molecule has 28 heavy (non-hydrogen) atoms. The molecular weight excluding hydrogens is 406 g/mol. The molecule has 0 saturated carbocycles. The molecule has 1 N–H and O–H groups in total. The van der Waals surface area contributed by atoms with Crippen molar-refractivity contribution in [3.05, 3.63) is 0 Å². The van der Waals surface area contributed by atoms with E-state index in [1.165, 1.54) is 0 Å². The minimum Gasteiger partial charge on any atom is -0.437 e. The number of aliphatic imine (C=N–C) groups is 1. The van der Waals surface area contributed by atoms with Crippen molar-refractivity contribution in [3.8, 4) is 0 Å². The molecule has 0 bridgehead atoms. The van der Waals surface area contributed by atoms with Crippen LogP contribution in [0.4, 0.5) is 0 Å². The van der Waals surface area contributed by atoms with Crippen LogP contribution in [-0.2, 0) is 17.7 Å². The third kappa shape index (κ3) is 12.0. The van der Waals surface area contributed by atoms with E-state index in [0.717, 1.165) is 6.04 Å². The molecule has 0 aromatic carbocycles. The Kier molecular flexibility index (Phi) is 9.30. The Labute approximate surface area is 175 Å². The Hall–Kier alpha value is 0.121. The monoisotopic (exact) mass is 449 g/mol. The van der Waals surface area contributed by atoms with Gasteiger partial charge in [-0.25, -0.2) is 0 Å². The standard InChI is InChI=1S/C19H43NO5Si3/c1-16(14-28(10,24-26(4,5)6)25-27(7,8)9)12-22-17(2)11-18(21)13-23-19(3)15-20-19/h15-18,21H,11-14H2,1-10H3. The van der Waals surface area contributed by atoms with Crippen LogP contribution in [0.25, 0.3) is 0 Å². The van der Waals surface area contributed by atoms with Gasteiger partial charge in [-0.3, -0.25) is 4.99 Å². The zero-order valence-electron chi connectivity index (χ0n) is 19.7. The number of aliphatic hydroxyl groups is 1. The van der Waals surface area contributed by atoms with Gasteiger partial charge in [0.2, 0.25) is 0 Å². The molecule has 1 rings (SSSR count). The lowest BCUT2D eigenvalue weighted by Crippen LogP contribution is -2.53. The fourth-order valence-corrected chi connectivity index (χ4v) is 16.3. The third-order valence-electron chi connectivity index (χ3n) is 4.09. The zero-order valence-corrected chi connectivity index (χ0v) is 22.7. The van der Waals surface area contributed by atoms with Crippen LogP contribution in [0.3, 0.4) is 0 Å². The maximum absolute atomic E-state index is 10.1. The molecule has 9 heteroatoms. The first-order valence-corrected chi connectivity index (χ1v) is 19.8. The minimum absolute atomic E-state index is 0.0299. The molecule has 6 nitrogen and oxygen atoms in total. The fourth-order valence-electron chi connectivity index (χ4n) is 3.37. The summed E-state index contributed by atoms with van der Waals surface area (Å²) in [5.41, 5.74) is -0.485. The third-order valence-corrected chi connectivity index (χ3v) is 13.9. The lowest BCUT2D eigenvalue weighted by molar-refractivity contribution is -0.0399. The van der Waals surface area contributed by atoms with Crippen LogP contribution in [0.15, 0.2) is 4.99 Å². The van der Waals surface area contributed by atoms with Crippen molar-refractivity contribution >= 4 is 31.4 Å². The fraction of sp³-hybridized carbons (Fsp3) is 0.947. The molecule has 0 aromatic rings. The van der Waals surface area contributed by atoms with Gasteiger partial charge in [0.25, 0.3) is 0 Å². The van der Waals surface area contributed by atoms with E-state index in [-0.39, 0.29) is 12.7 Å². The van der Waals surface area contributed by atoms with E-state index >= 15 is 0 Å². The first-order chi connectivity index (χ1) is 12.5. The summed E-state index contributed by atoms with van der Waals surface area (Å²) in [5.74, 6) is 0.346. The molecule has 0 spiro atoms. The molecule has 4 atom stereocenters. The Morgan fingerprint density at radius 3 is 1.89 bits per heavy atom. The van der Waals surface area contributed by atoms with E-state index in [2.05, 4.69) is 57.7 Å². The molecule has 0 fully saturated rings. The number of rotatable bonds is 14. The summed E-state index contributed by atoms with van der Waals surface area (Å²) in [6.07, 6.45) is 1.72. The van der Waals surface area contributed by atoms with Gasteiger partial charge in [-0.1, -0.05) is 6.92 Å². The quantitative estimate of drug-likeness (QED) is 0.399. The Morgan fingerprint density at radius 1 is 0.964 bits per heavy atom. The van der Waals surface area contributed by atoms with Gasteiger partial charge in [0.05, 0.1) is 25.0 Å². The number of hydrogen-bond acceptors (Lipinski definition) is 6. The van der Waals surface area contributed by atoms with Crippen LogP contribution in [0.1, 0.15) is 27.2 Å². The van der Waals surface area contributed by atoms with E-state index in [4.69, 9.17) is 17.7 Å². The van der Waals surface area contributed by atoms with Crippen LogP contribution in [0.5, 0.6) is 0 Å². The maximum atomic E-state index is 10.1. The largest absolute Gasteiger partial charge is 0.437 e. The number of hydrogen-bond donors (Lipinski definition) is 1. The summed E-state index contributed by atoms with van der Waals surface area (Å²) in [6.45, 7) is 22.6. The van der Waals surface area contributed by atoms with E-state index in [0.29, 0.717) is 18.9 Å². The summed E-state index contributed by atoms with van der Waals surface area (Å²) in [4.78, 5) is 4.03. The van der Waals surface area contributed by atoms with Gasteiger partial charge < -0.3 is 22.8 Å². The highest BCUT2D eigenvalue weighted by Crippen LogP contribution is 2.28. The van der Waals surface area contributed by atoms with Gasteiger partial charge in [0, 0.05) is 13.0 Å². The molecule has 166 valence electrons. The molecule has 0 aromatic heterocycles. The number of ether oxygens (including phenoxy) is 2. The highest BCUT2D eigenvalue weighted by atomic mass is 28.5. The van der Waals surface area contributed by atoms with Crippen molar-refractivity contribution in [2.75, 3.05) is 13.2 Å². The molecule has 1 heterocycles.